The molecule has 0 amide bonds. The summed E-state index contributed by atoms with van der Waals surface area (Å²) in [5.41, 5.74) is 12.8. The lowest BCUT2D eigenvalue weighted by Crippen LogP contribution is -2.25. The Hall–Kier alpha value is -4.34. The average Bonchev–Trinajstić information content (AvgIpc) is 3.43. The zero-order valence-electron chi connectivity index (χ0n) is 32.3. The van der Waals surface area contributed by atoms with Gasteiger partial charge >= 0.3 is 0 Å². The largest absolute Gasteiger partial charge is 0.0880 e. The van der Waals surface area contributed by atoms with Crippen molar-refractivity contribution in [2.24, 2.45) is 0 Å². The number of benzene rings is 8. The molecule has 0 N–H and O–H groups in total. The van der Waals surface area contributed by atoms with Gasteiger partial charge in [-0.25, -0.2) is 0 Å². The molecule has 0 bridgehead atoms. The lowest BCUT2D eigenvalue weighted by atomic mass is 9.83. The standard InChI is InChI=1S/C52H48P2/c1-51(2,3)53-31-37-25-23-33-15-7-11-19-39(33)45(37)47-41-21-13-9-17-35(41)27-29-43(47)49(53)50-44-30-28-36-18-10-14-22-42(36)48(44)46-38(32-54(50)52(4,5)6)26-24-34-16-8-12-20-40(34)46/h7-30,49-50H,31-32H2,1-6H3/t49-,50-,53?,54?/m1/s1. The second-order valence-corrected chi connectivity index (χ2v) is 23.9. The summed E-state index contributed by atoms with van der Waals surface area (Å²) in [4.78, 5) is 0. The van der Waals surface area contributed by atoms with Gasteiger partial charge in [-0.05, 0) is 110 Å². The van der Waals surface area contributed by atoms with E-state index in [9.17, 15) is 0 Å². The minimum atomic E-state index is -0.557. The number of hydrogen-bond acceptors (Lipinski definition) is 0. The molecule has 10 rings (SSSR count). The predicted octanol–water partition coefficient (Wildman–Crippen LogP) is 16.0. The quantitative estimate of drug-likeness (QED) is 0.147. The first-order valence-corrected chi connectivity index (χ1v) is 22.9. The van der Waals surface area contributed by atoms with E-state index in [2.05, 4.69) is 187 Å². The summed E-state index contributed by atoms with van der Waals surface area (Å²) >= 11 is 0. The van der Waals surface area contributed by atoms with Crippen LogP contribution >= 0.6 is 15.8 Å². The molecule has 54 heavy (non-hydrogen) atoms. The second-order valence-electron chi connectivity index (χ2n) is 17.6. The molecule has 266 valence electrons. The lowest BCUT2D eigenvalue weighted by Gasteiger charge is -2.48. The van der Waals surface area contributed by atoms with Gasteiger partial charge in [0.05, 0.1) is 0 Å². The zero-order chi connectivity index (χ0) is 36.9. The van der Waals surface area contributed by atoms with Crippen LogP contribution in [0.15, 0.2) is 146 Å². The van der Waals surface area contributed by atoms with Crippen LogP contribution in [0.1, 0.15) is 75.1 Å². The molecule has 4 atom stereocenters. The molecule has 2 aliphatic rings. The third kappa shape index (κ3) is 5.32. The molecular weight excluding hydrogens is 687 g/mol. The van der Waals surface area contributed by atoms with E-state index >= 15 is 0 Å². The molecule has 0 nitrogen and oxygen atoms in total. The summed E-state index contributed by atoms with van der Waals surface area (Å²) in [7, 11) is -1.11. The molecule has 0 aromatic heterocycles. The SMILES string of the molecule is CC(C)(C)P1Cc2ccc3ccccc3c2-c2c(ccc3ccccc23)[C@@H]1[C@H]1c2ccc3ccccc3c2-c2c(ccc3ccccc23)CP1C(C)(C)C. The molecule has 2 heterocycles. The summed E-state index contributed by atoms with van der Waals surface area (Å²) in [5.74, 6) is 0. The maximum atomic E-state index is 2.59. The average molecular weight is 735 g/mol. The number of hydrogen-bond donors (Lipinski definition) is 0. The van der Waals surface area contributed by atoms with Gasteiger partial charge in [0.15, 0.2) is 0 Å². The Kier molecular flexibility index (Phi) is 7.97. The van der Waals surface area contributed by atoms with Crippen molar-refractivity contribution in [3.63, 3.8) is 0 Å². The van der Waals surface area contributed by atoms with Crippen molar-refractivity contribution in [1.29, 1.82) is 0 Å². The van der Waals surface area contributed by atoms with Gasteiger partial charge in [-0.3, -0.25) is 0 Å². The van der Waals surface area contributed by atoms with Gasteiger partial charge in [0.25, 0.3) is 0 Å². The first kappa shape index (κ1) is 34.2. The molecule has 0 fully saturated rings. The normalized spacial score (nSPS) is 19.9. The van der Waals surface area contributed by atoms with E-state index in [4.69, 9.17) is 0 Å². The van der Waals surface area contributed by atoms with Crippen molar-refractivity contribution in [3.8, 4) is 22.3 Å². The summed E-state index contributed by atoms with van der Waals surface area (Å²) in [5, 5.41) is 11.1. The highest BCUT2D eigenvalue weighted by molar-refractivity contribution is 7.63. The van der Waals surface area contributed by atoms with Crippen LogP contribution in [0.2, 0.25) is 0 Å². The van der Waals surface area contributed by atoms with Gasteiger partial charge in [-0.1, -0.05) is 203 Å². The van der Waals surface area contributed by atoms with Gasteiger partial charge in [0.1, 0.15) is 0 Å². The van der Waals surface area contributed by atoms with E-state index in [0.29, 0.717) is 11.3 Å². The third-order valence-electron chi connectivity index (χ3n) is 12.5. The maximum absolute atomic E-state index is 2.59. The van der Waals surface area contributed by atoms with E-state index in [1.165, 1.54) is 76.5 Å². The fourth-order valence-electron chi connectivity index (χ4n) is 10.0. The number of rotatable bonds is 1. The number of fused-ring (bicyclic) bond motifs is 14. The summed E-state index contributed by atoms with van der Waals surface area (Å²) in [6, 6.07) is 56.5. The van der Waals surface area contributed by atoms with E-state index < -0.39 is 15.8 Å². The zero-order valence-corrected chi connectivity index (χ0v) is 34.1. The van der Waals surface area contributed by atoms with Crippen molar-refractivity contribution < 1.29 is 0 Å². The molecule has 0 radical (unpaired) electrons. The molecule has 8 aromatic carbocycles. The van der Waals surface area contributed by atoms with Gasteiger partial charge < -0.3 is 0 Å². The maximum Gasteiger partial charge on any atom is 0.0165 e. The van der Waals surface area contributed by atoms with Crippen molar-refractivity contribution in [2.45, 2.75) is 75.5 Å². The molecule has 2 unspecified atom stereocenters. The molecule has 8 aromatic rings. The highest BCUT2D eigenvalue weighted by Crippen LogP contribution is 2.79. The second kappa shape index (κ2) is 12.6. The Morgan fingerprint density at radius 3 is 0.981 bits per heavy atom. The molecule has 0 saturated carbocycles. The van der Waals surface area contributed by atoms with Gasteiger partial charge in [-0.2, -0.15) is 0 Å². The molecule has 2 heteroatoms. The highest BCUT2D eigenvalue weighted by Gasteiger charge is 2.48. The predicted molar refractivity (Wildman–Crippen MR) is 240 cm³/mol. The van der Waals surface area contributed by atoms with Crippen molar-refractivity contribution in [1.82, 2.24) is 0 Å². The Morgan fingerprint density at radius 1 is 0.352 bits per heavy atom. The van der Waals surface area contributed by atoms with Gasteiger partial charge in [-0.15, -0.1) is 0 Å². The van der Waals surface area contributed by atoms with E-state index in [1.54, 1.807) is 11.1 Å². The van der Waals surface area contributed by atoms with Crippen LogP contribution in [0.25, 0.3) is 65.3 Å². The smallest absolute Gasteiger partial charge is 0.0165 e. The first-order valence-electron chi connectivity index (χ1n) is 19.7. The third-order valence-corrected chi connectivity index (χ3v) is 20.0. The molecule has 2 aliphatic heterocycles. The van der Waals surface area contributed by atoms with Crippen molar-refractivity contribution >= 4 is 58.9 Å². The Bertz CT molecular complexity index is 2580. The minimum Gasteiger partial charge on any atom is -0.0880 e. The van der Waals surface area contributed by atoms with Crippen LogP contribution in [0.4, 0.5) is 0 Å². The van der Waals surface area contributed by atoms with Crippen LogP contribution in [0.3, 0.4) is 0 Å². The van der Waals surface area contributed by atoms with Crippen LogP contribution in [0.5, 0.6) is 0 Å². The Morgan fingerprint density at radius 2 is 0.648 bits per heavy atom. The summed E-state index contributed by atoms with van der Waals surface area (Å²) < 4.78 is 0. The fourth-order valence-corrected chi connectivity index (χ4v) is 17.3. The van der Waals surface area contributed by atoms with Crippen LogP contribution < -0.4 is 0 Å². The van der Waals surface area contributed by atoms with Crippen LogP contribution in [0, 0.1) is 0 Å². The monoisotopic (exact) mass is 734 g/mol. The van der Waals surface area contributed by atoms with Crippen LogP contribution in [-0.4, -0.2) is 10.3 Å². The van der Waals surface area contributed by atoms with E-state index in [0.717, 1.165) is 12.3 Å². The fraction of sp³-hybridized carbons (Fsp3) is 0.231. The van der Waals surface area contributed by atoms with Gasteiger partial charge in [0.2, 0.25) is 0 Å². The summed E-state index contributed by atoms with van der Waals surface area (Å²) in [6.07, 6.45) is 2.24. The molecule has 0 aliphatic carbocycles. The Labute approximate surface area is 323 Å². The molecular formula is C52H48P2. The molecule has 0 saturated heterocycles. The van der Waals surface area contributed by atoms with E-state index in [-0.39, 0.29) is 10.3 Å². The van der Waals surface area contributed by atoms with Crippen molar-refractivity contribution in [3.05, 3.63) is 168 Å². The molecule has 0 spiro atoms. The topological polar surface area (TPSA) is 0 Å². The van der Waals surface area contributed by atoms with Crippen molar-refractivity contribution in [2.75, 3.05) is 0 Å². The minimum absolute atomic E-state index is 0.123. The van der Waals surface area contributed by atoms with E-state index in [1.807, 2.05) is 0 Å². The highest BCUT2D eigenvalue weighted by atomic mass is 31.1. The van der Waals surface area contributed by atoms with Gasteiger partial charge in [0, 0.05) is 11.3 Å². The summed E-state index contributed by atoms with van der Waals surface area (Å²) in [6.45, 7) is 15.3. The lowest BCUT2D eigenvalue weighted by molar-refractivity contribution is 0.723. The Balaban J connectivity index is 1.38. The van der Waals surface area contributed by atoms with Crippen LogP contribution in [-0.2, 0) is 12.3 Å². The first-order chi connectivity index (χ1) is 26.1.